The summed E-state index contributed by atoms with van der Waals surface area (Å²) in [6.07, 6.45) is -3.93. The highest BCUT2D eigenvalue weighted by molar-refractivity contribution is 6.05. The van der Waals surface area contributed by atoms with Gasteiger partial charge in [0.25, 0.3) is 0 Å². The Balaban J connectivity index is 1.87. The minimum atomic E-state index is -4.34. The molecule has 1 heterocycles. The SMILES string of the molecule is CCN1C(=O)[C@H](Cc2ccc(C(F)(F)F)cc2)c2ccccc21. The summed E-state index contributed by atoms with van der Waals surface area (Å²) in [4.78, 5) is 14.3. The van der Waals surface area contributed by atoms with E-state index >= 15 is 0 Å². The molecule has 2 nitrogen and oxygen atoms in total. The van der Waals surface area contributed by atoms with Crippen molar-refractivity contribution in [1.82, 2.24) is 0 Å². The fourth-order valence-corrected chi connectivity index (χ4v) is 3.06. The first-order chi connectivity index (χ1) is 10.9. The van der Waals surface area contributed by atoms with E-state index in [1.807, 2.05) is 31.2 Å². The fraction of sp³-hybridized carbons (Fsp3) is 0.278. The van der Waals surface area contributed by atoms with E-state index in [4.69, 9.17) is 0 Å². The van der Waals surface area contributed by atoms with Crippen LogP contribution in [0, 0.1) is 0 Å². The van der Waals surface area contributed by atoms with Crippen molar-refractivity contribution in [3.63, 3.8) is 0 Å². The van der Waals surface area contributed by atoms with Crippen LogP contribution in [0.25, 0.3) is 0 Å². The molecular weight excluding hydrogens is 303 g/mol. The second kappa shape index (κ2) is 5.72. The standard InChI is InChI=1S/C18H16F3NO/c1-2-22-16-6-4-3-5-14(16)15(17(22)23)11-12-7-9-13(10-8-12)18(19,20)21/h3-10,15H,2,11H2,1H3/t15-/m1/s1. The lowest BCUT2D eigenvalue weighted by Crippen LogP contribution is -2.29. The average molecular weight is 319 g/mol. The number of fused-ring (bicyclic) bond motifs is 1. The van der Waals surface area contributed by atoms with E-state index in [1.165, 1.54) is 12.1 Å². The van der Waals surface area contributed by atoms with E-state index in [9.17, 15) is 18.0 Å². The van der Waals surface area contributed by atoms with Crippen LogP contribution in [-0.4, -0.2) is 12.5 Å². The van der Waals surface area contributed by atoms with Gasteiger partial charge in [0.15, 0.2) is 0 Å². The van der Waals surface area contributed by atoms with Gasteiger partial charge in [0, 0.05) is 12.2 Å². The molecular formula is C18H16F3NO. The highest BCUT2D eigenvalue weighted by Gasteiger charge is 2.36. The molecule has 0 fully saturated rings. The summed E-state index contributed by atoms with van der Waals surface area (Å²) in [6, 6.07) is 12.6. The Bertz CT molecular complexity index is 722. The number of rotatable bonds is 3. The van der Waals surface area contributed by atoms with Crippen molar-refractivity contribution >= 4 is 11.6 Å². The lowest BCUT2D eigenvalue weighted by Gasteiger charge is -2.15. The molecule has 5 heteroatoms. The highest BCUT2D eigenvalue weighted by atomic mass is 19.4. The van der Waals surface area contributed by atoms with Crippen molar-refractivity contribution in [2.45, 2.75) is 25.4 Å². The van der Waals surface area contributed by atoms with Crippen LogP contribution in [0.1, 0.15) is 29.5 Å². The largest absolute Gasteiger partial charge is 0.416 e. The van der Waals surface area contributed by atoms with Gasteiger partial charge in [0.1, 0.15) is 0 Å². The Kier molecular flexibility index (Phi) is 3.88. The van der Waals surface area contributed by atoms with Crippen molar-refractivity contribution in [1.29, 1.82) is 0 Å². The number of amides is 1. The summed E-state index contributed by atoms with van der Waals surface area (Å²) >= 11 is 0. The monoisotopic (exact) mass is 319 g/mol. The van der Waals surface area contributed by atoms with Gasteiger partial charge in [-0.25, -0.2) is 0 Å². The van der Waals surface area contributed by atoms with E-state index in [2.05, 4.69) is 0 Å². The summed E-state index contributed by atoms with van der Waals surface area (Å²) < 4.78 is 37.9. The smallest absolute Gasteiger partial charge is 0.312 e. The maximum Gasteiger partial charge on any atom is 0.416 e. The van der Waals surface area contributed by atoms with Crippen LogP contribution in [0.5, 0.6) is 0 Å². The Hall–Kier alpha value is -2.30. The molecule has 0 bridgehead atoms. The minimum absolute atomic E-state index is 0.00796. The fourth-order valence-electron chi connectivity index (χ4n) is 3.06. The van der Waals surface area contributed by atoms with Crippen molar-refractivity contribution in [2.75, 3.05) is 11.4 Å². The number of hydrogen-bond acceptors (Lipinski definition) is 1. The van der Waals surface area contributed by atoms with Crippen LogP contribution in [-0.2, 0) is 17.4 Å². The van der Waals surface area contributed by atoms with E-state index < -0.39 is 11.7 Å². The topological polar surface area (TPSA) is 20.3 Å². The normalized spacial score (nSPS) is 17.5. The quantitative estimate of drug-likeness (QED) is 0.821. The number of hydrogen-bond donors (Lipinski definition) is 0. The number of carbonyl (C=O) groups is 1. The first kappa shape index (κ1) is 15.6. The summed E-state index contributed by atoms with van der Waals surface area (Å²) in [7, 11) is 0. The van der Waals surface area contributed by atoms with Gasteiger partial charge in [0.05, 0.1) is 11.5 Å². The zero-order chi connectivity index (χ0) is 16.6. The van der Waals surface area contributed by atoms with E-state index in [1.54, 1.807) is 4.90 Å². The van der Waals surface area contributed by atoms with E-state index in [0.717, 1.165) is 28.9 Å². The summed E-state index contributed by atoms with van der Waals surface area (Å²) in [6.45, 7) is 2.49. The van der Waals surface area contributed by atoms with Gasteiger partial charge < -0.3 is 4.90 Å². The van der Waals surface area contributed by atoms with Crippen LogP contribution < -0.4 is 4.90 Å². The molecule has 0 spiro atoms. The average Bonchev–Trinajstić information content (AvgIpc) is 2.79. The van der Waals surface area contributed by atoms with Gasteiger partial charge in [-0.15, -0.1) is 0 Å². The number of nitrogens with zero attached hydrogens (tertiary/aromatic N) is 1. The predicted octanol–water partition coefficient (Wildman–Crippen LogP) is 4.40. The zero-order valence-electron chi connectivity index (χ0n) is 12.6. The molecule has 0 saturated heterocycles. The first-order valence-corrected chi connectivity index (χ1v) is 7.48. The van der Waals surface area contributed by atoms with Gasteiger partial charge in [-0.1, -0.05) is 30.3 Å². The summed E-state index contributed by atoms with van der Waals surface area (Å²) in [5.41, 5.74) is 1.90. The van der Waals surface area contributed by atoms with Crippen molar-refractivity contribution in [3.05, 3.63) is 65.2 Å². The molecule has 0 aliphatic carbocycles. The van der Waals surface area contributed by atoms with Gasteiger partial charge >= 0.3 is 6.18 Å². The van der Waals surface area contributed by atoms with Crippen molar-refractivity contribution in [3.8, 4) is 0 Å². The molecule has 0 saturated carbocycles. The Morgan fingerprint density at radius 1 is 1.04 bits per heavy atom. The minimum Gasteiger partial charge on any atom is -0.312 e. The number of alkyl halides is 3. The van der Waals surface area contributed by atoms with Crippen LogP contribution in [0.4, 0.5) is 18.9 Å². The van der Waals surface area contributed by atoms with Gasteiger partial charge in [-0.05, 0) is 42.7 Å². The molecule has 0 N–H and O–H groups in total. The Morgan fingerprint density at radius 3 is 2.30 bits per heavy atom. The van der Waals surface area contributed by atoms with Gasteiger partial charge in [-0.2, -0.15) is 13.2 Å². The summed E-state index contributed by atoms with van der Waals surface area (Å²) in [5.74, 6) is -0.323. The maximum atomic E-state index is 12.6. The van der Waals surface area contributed by atoms with Gasteiger partial charge in [0.2, 0.25) is 5.91 Å². The number of anilines is 1. The lowest BCUT2D eigenvalue weighted by atomic mass is 9.93. The number of benzene rings is 2. The molecule has 2 aromatic carbocycles. The Labute approximate surface area is 132 Å². The molecule has 0 radical (unpaired) electrons. The predicted molar refractivity (Wildman–Crippen MR) is 82.4 cm³/mol. The van der Waals surface area contributed by atoms with E-state index in [0.29, 0.717) is 13.0 Å². The molecule has 120 valence electrons. The molecule has 2 aromatic rings. The van der Waals surface area contributed by atoms with Crippen LogP contribution in [0.2, 0.25) is 0 Å². The molecule has 1 amide bonds. The van der Waals surface area contributed by atoms with Crippen molar-refractivity contribution in [2.24, 2.45) is 0 Å². The molecule has 1 aliphatic rings. The third-order valence-electron chi connectivity index (χ3n) is 4.20. The Morgan fingerprint density at radius 2 is 1.70 bits per heavy atom. The third-order valence-corrected chi connectivity index (χ3v) is 4.20. The lowest BCUT2D eigenvalue weighted by molar-refractivity contribution is -0.137. The second-order valence-electron chi connectivity index (χ2n) is 5.59. The molecule has 0 unspecified atom stereocenters. The zero-order valence-corrected chi connectivity index (χ0v) is 12.6. The molecule has 1 aliphatic heterocycles. The van der Waals surface area contributed by atoms with Crippen molar-refractivity contribution < 1.29 is 18.0 Å². The number of carbonyl (C=O) groups excluding carboxylic acids is 1. The van der Waals surface area contributed by atoms with Crippen LogP contribution in [0.3, 0.4) is 0 Å². The van der Waals surface area contributed by atoms with E-state index in [-0.39, 0.29) is 11.8 Å². The first-order valence-electron chi connectivity index (χ1n) is 7.48. The molecule has 1 atom stereocenters. The summed E-state index contributed by atoms with van der Waals surface area (Å²) in [5, 5.41) is 0. The molecule has 3 rings (SSSR count). The molecule has 23 heavy (non-hydrogen) atoms. The maximum absolute atomic E-state index is 12.6. The highest BCUT2D eigenvalue weighted by Crippen LogP contribution is 2.39. The van der Waals surface area contributed by atoms with Crippen LogP contribution in [0.15, 0.2) is 48.5 Å². The molecule has 0 aromatic heterocycles. The third kappa shape index (κ3) is 2.83. The second-order valence-corrected chi connectivity index (χ2v) is 5.59. The van der Waals surface area contributed by atoms with Gasteiger partial charge in [-0.3, -0.25) is 4.79 Å². The number of para-hydroxylation sites is 1. The van der Waals surface area contributed by atoms with Crippen LogP contribution >= 0.6 is 0 Å². The number of likely N-dealkylation sites (N-methyl/N-ethyl adjacent to an activating group) is 1. The number of halogens is 3.